The van der Waals surface area contributed by atoms with Gasteiger partial charge in [0.2, 0.25) is 10.0 Å². The molecule has 0 amide bonds. The average Bonchev–Trinajstić information content (AvgIpc) is 3.27. The molecule has 6 heteroatoms. The highest BCUT2D eigenvalue weighted by atomic mass is 32.2. The van der Waals surface area contributed by atoms with Crippen LogP contribution in [0.2, 0.25) is 0 Å². The smallest absolute Gasteiger partial charge is 0.244 e. The van der Waals surface area contributed by atoms with Crippen LogP contribution in [0.4, 0.5) is 0 Å². The molecule has 1 heterocycles. The Morgan fingerprint density at radius 1 is 1.03 bits per heavy atom. The van der Waals surface area contributed by atoms with Crippen molar-refractivity contribution in [2.45, 2.75) is 48.6 Å². The van der Waals surface area contributed by atoms with Crippen LogP contribution < -0.4 is 0 Å². The highest BCUT2D eigenvalue weighted by Gasteiger charge is 2.55. The van der Waals surface area contributed by atoms with Crippen molar-refractivity contribution < 1.29 is 13.5 Å². The quantitative estimate of drug-likeness (QED) is 0.770. The number of benzene rings is 2. The van der Waals surface area contributed by atoms with E-state index in [1.54, 1.807) is 18.2 Å². The maximum Gasteiger partial charge on any atom is 0.244 e. The third kappa shape index (κ3) is 3.75. The van der Waals surface area contributed by atoms with Crippen molar-refractivity contribution in [1.82, 2.24) is 4.31 Å². The summed E-state index contributed by atoms with van der Waals surface area (Å²) in [5.41, 5.74) is 1.75. The fourth-order valence-corrected chi connectivity index (χ4v) is 6.23. The van der Waals surface area contributed by atoms with Crippen LogP contribution in [-0.4, -0.2) is 36.5 Å². The number of nitrogens with zero attached hydrogens (tertiary/aromatic N) is 2. The van der Waals surface area contributed by atoms with Gasteiger partial charge in [-0.3, -0.25) is 0 Å². The van der Waals surface area contributed by atoms with Crippen LogP contribution in [0, 0.1) is 29.1 Å². The second kappa shape index (κ2) is 8.62. The number of sulfonamides is 1. The molecular formula is C24H24N2O3S. The molecule has 0 radical (unpaired) electrons. The first-order chi connectivity index (χ1) is 14.6. The lowest BCUT2D eigenvalue weighted by atomic mass is 9.78. The van der Waals surface area contributed by atoms with E-state index < -0.39 is 22.1 Å². The molecular weight excluding hydrogens is 396 g/mol. The molecule has 4 rings (SSSR count). The van der Waals surface area contributed by atoms with Crippen molar-refractivity contribution in [3.05, 3.63) is 65.7 Å². The maximum atomic E-state index is 13.0. The van der Waals surface area contributed by atoms with Gasteiger partial charge in [0.15, 0.2) is 0 Å². The summed E-state index contributed by atoms with van der Waals surface area (Å²) < 4.78 is 27.2. The number of rotatable bonds is 4. The molecule has 0 unspecified atom stereocenters. The maximum absolute atomic E-state index is 13.0. The number of hydrogen-bond donors (Lipinski definition) is 1. The minimum atomic E-state index is -3.86. The summed E-state index contributed by atoms with van der Waals surface area (Å²) in [4.78, 5) is 0.125. The van der Waals surface area contributed by atoms with E-state index in [1.165, 1.54) is 37.8 Å². The van der Waals surface area contributed by atoms with Crippen LogP contribution in [-0.2, 0) is 10.0 Å². The predicted octanol–water partition coefficient (Wildman–Crippen LogP) is 3.27. The number of hydrogen-bond acceptors (Lipinski definition) is 4. The Morgan fingerprint density at radius 3 is 2.30 bits per heavy atom. The third-order valence-corrected chi connectivity index (χ3v) is 7.99. The summed E-state index contributed by atoms with van der Waals surface area (Å²) in [5, 5.41) is 19.6. The summed E-state index contributed by atoms with van der Waals surface area (Å²) in [6.07, 6.45) is 4.84. The van der Waals surface area contributed by atoms with Gasteiger partial charge in [-0.2, -0.15) is 9.57 Å². The van der Waals surface area contributed by atoms with E-state index in [9.17, 15) is 18.8 Å². The van der Waals surface area contributed by atoms with Crippen LogP contribution in [0.5, 0.6) is 0 Å². The summed E-state index contributed by atoms with van der Waals surface area (Å²) in [6, 6.07) is 16.2. The van der Waals surface area contributed by atoms with Crippen molar-refractivity contribution in [3.63, 3.8) is 0 Å². The lowest BCUT2D eigenvalue weighted by Gasteiger charge is -2.50. The van der Waals surface area contributed by atoms with Gasteiger partial charge in [0, 0.05) is 17.4 Å². The molecule has 0 spiro atoms. The van der Waals surface area contributed by atoms with Crippen LogP contribution in [0.15, 0.2) is 59.5 Å². The first-order valence-corrected chi connectivity index (χ1v) is 11.7. The van der Waals surface area contributed by atoms with Crippen molar-refractivity contribution in [2.24, 2.45) is 5.92 Å². The summed E-state index contributed by atoms with van der Waals surface area (Å²) in [7, 11) is -3.86. The zero-order valence-electron chi connectivity index (χ0n) is 16.6. The van der Waals surface area contributed by atoms with Gasteiger partial charge in [0.05, 0.1) is 23.6 Å². The second-order valence-electron chi connectivity index (χ2n) is 7.87. The van der Waals surface area contributed by atoms with Crippen molar-refractivity contribution >= 4 is 10.0 Å². The van der Waals surface area contributed by atoms with E-state index in [4.69, 9.17) is 0 Å². The third-order valence-electron chi connectivity index (χ3n) is 6.07. The molecule has 1 N–H and O–H groups in total. The highest BCUT2D eigenvalue weighted by molar-refractivity contribution is 7.89. The zero-order chi connectivity index (χ0) is 21.1. The van der Waals surface area contributed by atoms with Crippen molar-refractivity contribution in [2.75, 3.05) is 6.61 Å². The first kappa shape index (κ1) is 20.6. The molecule has 30 heavy (non-hydrogen) atoms. The molecule has 0 aromatic heterocycles. The molecule has 1 aliphatic heterocycles. The van der Waals surface area contributed by atoms with Crippen LogP contribution >= 0.6 is 0 Å². The Labute approximate surface area is 178 Å². The Hall–Kier alpha value is -2.64. The fraction of sp³-hybridized carbons (Fsp3) is 0.375. The molecule has 2 aliphatic rings. The van der Waals surface area contributed by atoms with Crippen LogP contribution in [0.25, 0.3) is 0 Å². The SMILES string of the molecule is N#C[C@H]1[C@@H](c2ccc(C#CC3CCCC3)cc2)[C@@H](CO)N1S(=O)(=O)c1ccccc1. The largest absolute Gasteiger partial charge is 0.395 e. The summed E-state index contributed by atoms with van der Waals surface area (Å²) in [5.74, 6) is 6.65. The highest BCUT2D eigenvalue weighted by Crippen LogP contribution is 2.43. The molecule has 2 aromatic carbocycles. The summed E-state index contributed by atoms with van der Waals surface area (Å²) in [6.45, 7) is -0.349. The Balaban J connectivity index is 1.57. The molecule has 2 aromatic rings. The molecule has 5 nitrogen and oxygen atoms in total. The monoisotopic (exact) mass is 420 g/mol. The predicted molar refractivity (Wildman–Crippen MR) is 114 cm³/mol. The normalized spacial score (nSPS) is 24.5. The number of aliphatic hydroxyl groups is 1. The topological polar surface area (TPSA) is 81.4 Å². The minimum Gasteiger partial charge on any atom is -0.395 e. The number of nitriles is 1. The van der Waals surface area contributed by atoms with E-state index in [0.29, 0.717) is 5.92 Å². The van der Waals surface area contributed by atoms with Gasteiger partial charge in [0.25, 0.3) is 0 Å². The zero-order valence-corrected chi connectivity index (χ0v) is 17.4. The van der Waals surface area contributed by atoms with Gasteiger partial charge in [0.1, 0.15) is 6.04 Å². The van der Waals surface area contributed by atoms with Gasteiger partial charge < -0.3 is 5.11 Å². The Bertz CT molecular complexity index is 1090. The fourth-order valence-electron chi connectivity index (χ4n) is 4.45. The molecule has 1 aliphatic carbocycles. The van der Waals surface area contributed by atoms with Gasteiger partial charge >= 0.3 is 0 Å². The lowest BCUT2D eigenvalue weighted by molar-refractivity contribution is 0.0557. The van der Waals surface area contributed by atoms with E-state index in [1.807, 2.05) is 24.3 Å². The molecule has 2 fully saturated rings. The van der Waals surface area contributed by atoms with Crippen molar-refractivity contribution in [1.29, 1.82) is 5.26 Å². The average molecular weight is 421 g/mol. The number of aliphatic hydroxyl groups excluding tert-OH is 1. The summed E-state index contributed by atoms with van der Waals surface area (Å²) >= 11 is 0. The molecule has 1 saturated carbocycles. The van der Waals surface area contributed by atoms with E-state index in [2.05, 4.69) is 17.9 Å². The first-order valence-electron chi connectivity index (χ1n) is 10.3. The molecule has 0 bridgehead atoms. The van der Waals surface area contributed by atoms with Crippen LogP contribution in [0.1, 0.15) is 42.7 Å². The van der Waals surface area contributed by atoms with Gasteiger partial charge in [-0.15, -0.1) is 0 Å². The van der Waals surface area contributed by atoms with Gasteiger partial charge in [-0.25, -0.2) is 8.42 Å². The molecule has 1 saturated heterocycles. The van der Waals surface area contributed by atoms with Gasteiger partial charge in [-0.05, 0) is 42.7 Å². The standard InChI is InChI=1S/C24H24N2O3S/c25-16-22-24(20-14-12-19(13-15-20)11-10-18-6-4-5-7-18)23(17-27)26(22)30(28,29)21-8-2-1-3-9-21/h1-3,8-9,12-15,18,22-24,27H,4-7,17H2/t22-,23+,24+/m0/s1. The minimum absolute atomic E-state index is 0.125. The van der Waals surface area contributed by atoms with Crippen molar-refractivity contribution in [3.8, 4) is 17.9 Å². The second-order valence-corrected chi connectivity index (χ2v) is 9.71. The lowest BCUT2D eigenvalue weighted by Crippen LogP contribution is -2.64. The van der Waals surface area contributed by atoms with E-state index in [0.717, 1.165) is 15.4 Å². The molecule has 3 atom stereocenters. The van der Waals surface area contributed by atoms with E-state index >= 15 is 0 Å². The van der Waals surface area contributed by atoms with E-state index in [-0.39, 0.29) is 17.4 Å². The Kier molecular flexibility index (Phi) is 5.92. The van der Waals surface area contributed by atoms with Crippen LogP contribution in [0.3, 0.4) is 0 Å². The molecule has 154 valence electrons. The Morgan fingerprint density at radius 2 is 1.70 bits per heavy atom. The van der Waals surface area contributed by atoms with Gasteiger partial charge in [-0.1, -0.05) is 55.0 Å².